The number of carbonyl (C=O) groups is 2. The smallest absolute Gasteiger partial charge is 0.303 e. The van der Waals surface area contributed by atoms with Gasteiger partial charge in [0.05, 0.1) is 0 Å². The molecule has 0 aliphatic heterocycles. The second-order valence-electron chi connectivity index (χ2n) is 4.71. The Bertz CT molecular complexity index is 474. The largest absolute Gasteiger partial charge is 0.481 e. The molecule has 1 rings (SSSR count). The van der Waals surface area contributed by atoms with Gasteiger partial charge >= 0.3 is 5.97 Å². The molecule has 0 radical (unpaired) electrons. The molecule has 0 aliphatic carbocycles. The first-order valence-corrected chi connectivity index (χ1v) is 6.95. The van der Waals surface area contributed by atoms with Gasteiger partial charge < -0.3 is 10.4 Å². The molecule has 0 spiro atoms. The highest BCUT2D eigenvalue weighted by Crippen LogP contribution is 2.16. The molecule has 2 N–H and O–H groups in total. The Kier molecular flexibility index (Phi) is 6.02. The Labute approximate surface area is 121 Å². The van der Waals surface area contributed by atoms with Crippen molar-refractivity contribution in [2.75, 3.05) is 6.54 Å². The van der Waals surface area contributed by atoms with E-state index >= 15 is 0 Å². The van der Waals surface area contributed by atoms with Crippen molar-refractivity contribution in [1.82, 2.24) is 5.32 Å². The summed E-state index contributed by atoms with van der Waals surface area (Å²) in [4.78, 5) is 22.4. The highest BCUT2D eigenvalue weighted by Gasteiger charge is 2.11. The number of nitrogens with one attached hydrogen (secondary N) is 1. The Morgan fingerprint density at radius 1 is 1.42 bits per heavy atom. The van der Waals surface area contributed by atoms with Crippen LogP contribution >= 0.6 is 15.9 Å². The SMILES string of the molecule is Cc1cc(Br)ccc1C(=O)NCC(C)CCC(=O)O. The molecule has 104 valence electrons. The van der Waals surface area contributed by atoms with Gasteiger partial charge in [-0.1, -0.05) is 22.9 Å². The van der Waals surface area contributed by atoms with Crippen LogP contribution in [0.2, 0.25) is 0 Å². The van der Waals surface area contributed by atoms with Gasteiger partial charge in [0.1, 0.15) is 0 Å². The lowest BCUT2D eigenvalue weighted by molar-refractivity contribution is -0.137. The number of amides is 1. The number of carbonyl (C=O) groups excluding carboxylic acids is 1. The van der Waals surface area contributed by atoms with Crippen molar-refractivity contribution >= 4 is 27.8 Å². The first-order chi connectivity index (χ1) is 8.90. The molecule has 5 heteroatoms. The van der Waals surface area contributed by atoms with Gasteiger partial charge in [-0.3, -0.25) is 9.59 Å². The second-order valence-corrected chi connectivity index (χ2v) is 5.62. The lowest BCUT2D eigenvalue weighted by Gasteiger charge is -2.12. The molecule has 0 aliphatic rings. The van der Waals surface area contributed by atoms with Crippen molar-refractivity contribution in [2.45, 2.75) is 26.7 Å². The minimum atomic E-state index is -0.804. The number of carboxylic acids is 1. The van der Waals surface area contributed by atoms with E-state index in [1.165, 1.54) is 0 Å². The molecule has 0 saturated heterocycles. The molecule has 1 amide bonds. The quantitative estimate of drug-likeness (QED) is 0.844. The van der Waals surface area contributed by atoms with Crippen LogP contribution in [-0.2, 0) is 4.79 Å². The summed E-state index contributed by atoms with van der Waals surface area (Å²) in [5.41, 5.74) is 1.55. The molecule has 1 aromatic rings. The third-order valence-corrected chi connectivity index (χ3v) is 3.39. The number of benzene rings is 1. The summed E-state index contributed by atoms with van der Waals surface area (Å²) in [5.74, 6) is -0.773. The van der Waals surface area contributed by atoms with E-state index in [9.17, 15) is 9.59 Å². The van der Waals surface area contributed by atoms with Crippen LogP contribution in [0.1, 0.15) is 35.7 Å². The molecule has 0 fully saturated rings. The molecule has 1 aromatic carbocycles. The van der Waals surface area contributed by atoms with Crippen molar-refractivity contribution in [2.24, 2.45) is 5.92 Å². The van der Waals surface area contributed by atoms with E-state index in [-0.39, 0.29) is 18.2 Å². The highest BCUT2D eigenvalue weighted by atomic mass is 79.9. The molecule has 0 bridgehead atoms. The van der Waals surface area contributed by atoms with Crippen LogP contribution in [0, 0.1) is 12.8 Å². The molecule has 0 saturated carbocycles. The van der Waals surface area contributed by atoms with E-state index in [4.69, 9.17) is 5.11 Å². The fraction of sp³-hybridized carbons (Fsp3) is 0.429. The lowest BCUT2D eigenvalue weighted by Crippen LogP contribution is -2.29. The highest BCUT2D eigenvalue weighted by molar-refractivity contribution is 9.10. The standard InChI is InChI=1S/C14H18BrNO3/c1-9(3-6-13(17)18)8-16-14(19)12-5-4-11(15)7-10(12)2/h4-5,7,9H,3,6,8H2,1-2H3,(H,16,19)(H,17,18). The summed E-state index contributed by atoms with van der Waals surface area (Å²) >= 11 is 3.35. The van der Waals surface area contributed by atoms with Gasteiger partial charge in [0.2, 0.25) is 0 Å². The van der Waals surface area contributed by atoms with Crippen molar-refractivity contribution in [1.29, 1.82) is 0 Å². The Morgan fingerprint density at radius 2 is 2.11 bits per heavy atom. The zero-order valence-corrected chi connectivity index (χ0v) is 12.7. The van der Waals surface area contributed by atoms with E-state index in [0.29, 0.717) is 18.5 Å². The fourth-order valence-electron chi connectivity index (χ4n) is 1.72. The Hall–Kier alpha value is -1.36. The van der Waals surface area contributed by atoms with Gasteiger partial charge in [0.15, 0.2) is 0 Å². The lowest BCUT2D eigenvalue weighted by atomic mass is 10.0. The van der Waals surface area contributed by atoms with Gasteiger partial charge in [-0.25, -0.2) is 0 Å². The van der Waals surface area contributed by atoms with Crippen LogP contribution in [0.3, 0.4) is 0 Å². The van der Waals surface area contributed by atoms with Crippen molar-refractivity contribution < 1.29 is 14.7 Å². The minimum absolute atomic E-state index is 0.118. The maximum atomic E-state index is 12.0. The number of hydrogen-bond acceptors (Lipinski definition) is 2. The average molecular weight is 328 g/mol. The number of rotatable bonds is 6. The molecule has 0 heterocycles. The molecule has 0 aromatic heterocycles. The minimum Gasteiger partial charge on any atom is -0.481 e. The van der Waals surface area contributed by atoms with Crippen molar-refractivity contribution in [3.05, 3.63) is 33.8 Å². The molecule has 1 unspecified atom stereocenters. The van der Waals surface area contributed by atoms with E-state index in [1.807, 2.05) is 26.0 Å². The molecule has 19 heavy (non-hydrogen) atoms. The van der Waals surface area contributed by atoms with E-state index in [0.717, 1.165) is 10.0 Å². The summed E-state index contributed by atoms with van der Waals surface area (Å²) in [6.45, 7) is 4.30. The molecular weight excluding hydrogens is 310 g/mol. The summed E-state index contributed by atoms with van der Waals surface area (Å²) in [5, 5.41) is 11.4. The van der Waals surface area contributed by atoms with E-state index in [2.05, 4.69) is 21.2 Å². The van der Waals surface area contributed by atoms with Crippen LogP contribution in [0.25, 0.3) is 0 Å². The van der Waals surface area contributed by atoms with Gasteiger partial charge in [-0.2, -0.15) is 0 Å². The monoisotopic (exact) mass is 327 g/mol. The predicted octanol–water partition coefficient (Wildman–Crippen LogP) is 2.99. The summed E-state index contributed by atoms with van der Waals surface area (Å²) < 4.78 is 0.941. The topological polar surface area (TPSA) is 66.4 Å². The predicted molar refractivity (Wildman–Crippen MR) is 77.2 cm³/mol. The first-order valence-electron chi connectivity index (χ1n) is 6.16. The Balaban J connectivity index is 2.49. The molecule has 4 nitrogen and oxygen atoms in total. The van der Waals surface area contributed by atoms with E-state index < -0.39 is 5.97 Å². The summed E-state index contributed by atoms with van der Waals surface area (Å²) in [6.07, 6.45) is 0.698. The number of hydrogen-bond donors (Lipinski definition) is 2. The fourth-order valence-corrected chi connectivity index (χ4v) is 2.19. The van der Waals surface area contributed by atoms with E-state index in [1.54, 1.807) is 6.07 Å². The normalized spacial score (nSPS) is 11.9. The van der Waals surface area contributed by atoms with Crippen molar-refractivity contribution in [3.8, 4) is 0 Å². The molecule has 1 atom stereocenters. The van der Waals surface area contributed by atoms with Gasteiger partial charge in [-0.05, 0) is 43.0 Å². The van der Waals surface area contributed by atoms with Gasteiger partial charge in [0.25, 0.3) is 5.91 Å². The van der Waals surface area contributed by atoms with Crippen molar-refractivity contribution in [3.63, 3.8) is 0 Å². The third kappa shape index (κ3) is 5.42. The summed E-state index contributed by atoms with van der Waals surface area (Å²) in [6, 6.07) is 5.50. The maximum absolute atomic E-state index is 12.0. The van der Waals surface area contributed by atoms with Gasteiger partial charge in [0, 0.05) is 23.0 Å². The van der Waals surface area contributed by atoms with Crippen LogP contribution in [0.15, 0.2) is 22.7 Å². The Morgan fingerprint density at radius 3 is 2.68 bits per heavy atom. The van der Waals surface area contributed by atoms with Crippen LogP contribution in [0.5, 0.6) is 0 Å². The van der Waals surface area contributed by atoms with Crippen LogP contribution in [-0.4, -0.2) is 23.5 Å². The number of carboxylic acid groups (broad SMARTS) is 1. The van der Waals surface area contributed by atoms with Gasteiger partial charge in [-0.15, -0.1) is 0 Å². The van der Waals surface area contributed by atoms with Crippen LogP contribution < -0.4 is 5.32 Å². The first kappa shape index (κ1) is 15.7. The number of halogens is 1. The van der Waals surface area contributed by atoms with Crippen LogP contribution in [0.4, 0.5) is 0 Å². The average Bonchev–Trinajstić information content (AvgIpc) is 2.33. The zero-order valence-electron chi connectivity index (χ0n) is 11.1. The second kappa shape index (κ2) is 7.28. The molecular formula is C14H18BrNO3. The number of aryl methyl sites for hydroxylation is 1. The zero-order chi connectivity index (χ0) is 14.4. The maximum Gasteiger partial charge on any atom is 0.303 e. The third-order valence-electron chi connectivity index (χ3n) is 2.90. The number of aliphatic carboxylic acids is 1. The summed E-state index contributed by atoms with van der Waals surface area (Å²) in [7, 11) is 0.